The highest BCUT2D eigenvalue weighted by Gasteiger charge is 2.13. The smallest absolute Gasteiger partial charge is 0.294 e. The third kappa shape index (κ3) is 3.84. The molecule has 0 atom stereocenters. The molecule has 0 spiro atoms. The van der Waals surface area contributed by atoms with E-state index in [9.17, 15) is 4.79 Å². The van der Waals surface area contributed by atoms with Gasteiger partial charge in [0.1, 0.15) is 5.01 Å². The molecule has 0 amide bonds. The van der Waals surface area contributed by atoms with Crippen LogP contribution in [0.5, 0.6) is 0 Å². The number of nitrogens with one attached hydrogen (secondary N) is 1. The minimum absolute atomic E-state index is 0.204. The van der Waals surface area contributed by atoms with E-state index < -0.39 is 0 Å². The molecule has 7 heteroatoms. The zero-order chi connectivity index (χ0) is 19.5. The summed E-state index contributed by atoms with van der Waals surface area (Å²) in [6.45, 7) is 4.20. The fraction of sp³-hybridized carbons (Fsp3) is 0.143. The Balaban J connectivity index is 1.55. The molecule has 2 aromatic heterocycles. The largest absolute Gasteiger partial charge is 0.297 e. The van der Waals surface area contributed by atoms with Gasteiger partial charge in [0, 0.05) is 10.9 Å². The van der Waals surface area contributed by atoms with Crippen LogP contribution in [0, 0.1) is 13.8 Å². The lowest BCUT2D eigenvalue weighted by Crippen LogP contribution is -2.17. The van der Waals surface area contributed by atoms with Gasteiger partial charge in [0.25, 0.3) is 5.56 Å². The Bertz CT molecular complexity index is 1170. The maximum Gasteiger partial charge on any atom is 0.294 e. The molecule has 6 nitrogen and oxygen atoms in total. The molecule has 2 heterocycles. The first-order chi connectivity index (χ1) is 13.6. The second-order valence-electron chi connectivity index (χ2n) is 6.50. The van der Waals surface area contributed by atoms with Gasteiger partial charge in [0.05, 0.1) is 23.6 Å². The quantitative estimate of drug-likeness (QED) is 0.465. The minimum atomic E-state index is -0.204. The summed E-state index contributed by atoms with van der Waals surface area (Å²) < 4.78 is 1.52. The standard InChI is InChI=1S/C21H19N5OS/c1-14-8-10-17(11-9-14)23-24-20-15(2)25-26(21(20)27)12-19-22-18(13-28-19)16-6-4-3-5-7-16/h3-11,13,25H,12H2,1-2H3. The average molecular weight is 389 g/mol. The number of aryl methyl sites for hydroxylation is 2. The molecule has 4 rings (SSSR count). The number of benzene rings is 2. The molecule has 4 aromatic rings. The van der Waals surface area contributed by atoms with E-state index in [0.717, 1.165) is 21.8 Å². The van der Waals surface area contributed by atoms with Crippen molar-refractivity contribution in [3.05, 3.63) is 86.6 Å². The zero-order valence-electron chi connectivity index (χ0n) is 15.6. The number of aromatic nitrogens is 3. The zero-order valence-corrected chi connectivity index (χ0v) is 16.4. The molecule has 140 valence electrons. The van der Waals surface area contributed by atoms with Crippen molar-refractivity contribution in [2.75, 3.05) is 0 Å². The van der Waals surface area contributed by atoms with Crippen LogP contribution in [-0.4, -0.2) is 14.8 Å². The minimum Gasteiger partial charge on any atom is -0.297 e. The fourth-order valence-corrected chi connectivity index (χ4v) is 3.59. The van der Waals surface area contributed by atoms with E-state index >= 15 is 0 Å². The maximum absolute atomic E-state index is 12.7. The molecule has 0 unspecified atom stereocenters. The third-order valence-electron chi connectivity index (χ3n) is 4.32. The second-order valence-corrected chi connectivity index (χ2v) is 7.45. The lowest BCUT2D eigenvalue weighted by atomic mass is 10.2. The first kappa shape index (κ1) is 18.1. The van der Waals surface area contributed by atoms with Crippen LogP contribution in [0.3, 0.4) is 0 Å². The van der Waals surface area contributed by atoms with Crippen LogP contribution in [0.2, 0.25) is 0 Å². The van der Waals surface area contributed by atoms with Crippen molar-refractivity contribution in [3.8, 4) is 11.3 Å². The van der Waals surface area contributed by atoms with Gasteiger partial charge in [-0.2, -0.15) is 5.11 Å². The molecular formula is C21H19N5OS. The van der Waals surface area contributed by atoms with Crippen LogP contribution < -0.4 is 5.56 Å². The Morgan fingerprint density at radius 1 is 1.04 bits per heavy atom. The van der Waals surface area contributed by atoms with E-state index in [0.29, 0.717) is 23.6 Å². The summed E-state index contributed by atoms with van der Waals surface area (Å²) in [5, 5.41) is 14.3. The van der Waals surface area contributed by atoms with Gasteiger partial charge in [-0.15, -0.1) is 16.5 Å². The Morgan fingerprint density at radius 3 is 2.54 bits per heavy atom. The molecule has 0 aliphatic rings. The van der Waals surface area contributed by atoms with E-state index in [1.165, 1.54) is 16.0 Å². The van der Waals surface area contributed by atoms with Crippen LogP contribution in [-0.2, 0) is 6.54 Å². The molecule has 0 fully saturated rings. The van der Waals surface area contributed by atoms with Gasteiger partial charge in [-0.3, -0.25) is 9.89 Å². The van der Waals surface area contributed by atoms with Crippen LogP contribution in [0.25, 0.3) is 11.3 Å². The van der Waals surface area contributed by atoms with Crippen molar-refractivity contribution in [1.29, 1.82) is 0 Å². The first-order valence-electron chi connectivity index (χ1n) is 8.88. The Morgan fingerprint density at radius 2 is 1.79 bits per heavy atom. The summed E-state index contributed by atoms with van der Waals surface area (Å²) in [5.74, 6) is 0. The topological polar surface area (TPSA) is 75.4 Å². The number of azo groups is 1. The van der Waals surface area contributed by atoms with Crippen molar-refractivity contribution in [2.24, 2.45) is 10.2 Å². The highest BCUT2D eigenvalue weighted by molar-refractivity contribution is 7.09. The maximum atomic E-state index is 12.7. The molecule has 0 bridgehead atoms. The van der Waals surface area contributed by atoms with Crippen molar-refractivity contribution >= 4 is 22.7 Å². The van der Waals surface area contributed by atoms with E-state index in [1.54, 1.807) is 0 Å². The molecule has 1 N–H and O–H groups in total. The number of nitrogens with zero attached hydrogens (tertiary/aromatic N) is 4. The van der Waals surface area contributed by atoms with Gasteiger partial charge in [-0.1, -0.05) is 48.0 Å². The summed E-state index contributed by atoms with van der Waals surface area (Å²) in [7, 11) is 0. The van der Waals surface area contributed by atoms with Gasteiger partial charge in [-0.05, 0) is 26.0 Å². The van der Waals surface area contributed by atoms with Gasteiger partial charge in [0.2, 0.25) is 0 Å². The summed E-state index contributed by atoms with van der Waals surface area (Å²) >= 11 is 1.53. The molecule has 0 radical (unpaired) electrons. The number of thiazole rings is 1. The molecule has 2 aromatic carbocycles. The number of hydrogen-bond donors (Lipinski definition) is 1. The van der Waals surface area contributed by atoms with Crippen LogP contribution in [0.4, 0.5) is 11.4 Å². The summed E-state index contributed by atoms with van der Waals surface area (Å²) in [5.41, 5.74) is 4.64. The van der Waals surface area contributed by atoms with Gasteiger partial charge >= 0.3 is 0 Å². The fourth-order valence-electron chi connectivity index (χ4n) is 2.80. The number of rotatable bonds is 5. The monoisotopic (exact) mass is 389 g/mol. The third-order valence-corrected chi connectivity index (χ3v) is 5.15. The average Bonchev–Trinajstić information content (AvgIpc) is 3.28. The highest BCUT2D eigenvalue weighted by atomic mass is 32.1. The van der Waals surface area contributed by atoms with Crippen LogP contribution in [0.1, 0.15) is 16.3 Å². The van der Waals surface area contributed by atoms with Gasteiger partial charge in [0.15, 0.2) is 5.69 Å². The molecule has 0 saturated heterocycles. The van der Waals surface area contributed by atoms with E-state index in [2.05, 4.69) is 20.3 Å². The Kier molecular flexibility index (Phi) is 4.99. The van der Waals surface area contributed by atoms with Crippen molar-refractivity contribution in [3.63, 3.8) is 0 Å². The van der Waals surface area contributed by atoms with Crippen molar-refractivity contribution in [1.82, 2.24) is 14.8 Å². The Labute approximate surface area is 166 Å². The number of aromatic amines is 1. The molecule has 0 saturated carbocycles. The van der Waals surface area contributed by atoms with Crippen molar-refractivity contribution in [2.45, 2.75) is 20.4 Å². The number of H-pyrrole nitrogens is 1. The SMILES string of the molecule is Cc1ccc(N=Nc2c(C)[nH]n(Cc3nc(-c4ccccc4)cs3)c2=O)cc1. The summed E-state index contributed by atoms with van der Waals surface area (Å²) in [4.78, 5) is 17.3. The normalized spacial score (nSPS) is 11.4. The van der Waals surface area contributed by atoms with E-state index in [-0.39, 0.29) is 5.56 Å². The second kappa shape index (κ2) is 7.74. The predicted molar refractivity (Wildman–Crippen MR) is 112 cm³/mol. The molecule has 0 aliphatic carbocycles. The van der Waals surface area contributed by atoms with Crippen molar-refractivity contribution < 1.29 is 0 Å². The predicted octanol–water partition coefficient (Wildman–Crippen LogP) is 5.38. The van der Waals surface area contributed by atoms with E-state index in [4.69, 9.17) is 0 Å². The van der Waals surface area contributed by atoms with Gasteiger partial charge in [-0.25, -0.2) is 9.67 Å². The molecule has 28 heavy (non-hydrogen) atoms. The van der Waals surface area contributed by atoms with Gasteiger partial charge < -0.3 is 0 Å². The molecular weight excluding hydrogens is 370 g/mol. The Hall–Kier alpha value is -3.32. The van der Waals surface area contributed by atoms with Crippen LogP contribution in [0.15, 0.2) is 75.0 Å². The highest BCUT2D eigenvalue weighted by Crippen LogP contribution is 2.22. The lowest BCUT2D eigenvalue weighted by molar-refractivity contribution is 0.655. The van der Waals surface area contributed by atoms with Crippen LogP contribution >= 0.6 is 11.3 Å². The lowest BCUT2D eigenvalue weighted by Gasteiger charge is -1.97. The van der Waals surface area contributed by atoms with E-state index in [1.807, 2.05) is 73.8 Å². The summed E-state index contributed by atoms with van der Waals surface area (Å²) in [6, 6.07) is 17.7. The number of hydrogen-bond acceptors (Lipinski definition) is 5. The molecule has 0 aliphatic heterocycles. The first-order valence-corrected chi connectivity index (χ1v) is 9.76. The summed E-state index contributed by atoms with van der Waals surface area (Å²) in [6.07, 6.45) is 0.